The largest absolute Gasteiger partial charge is 0.467 e. The Labute approximate surface area is 148 Å². The minimum atomic E-state index is 0.0725. The van der Waals surface area contributed by atoms with Gasteiger partial charge in [0, 0.05) is 5.56 Å². The van der Waals surface area contributed by atoms with Crippen LogP contribution in [-0.4, -0.2) is 26.3 Å². The molecule has 0 radical (unpaired) electrons. The second kappa shape index (κ2) is 6.94. The van der Waals surface area contributed by atoms with Crippen LogP contribution in [0.4, 0.5) is 0 Å². The number of hydrogen-bond donors (Lipinski definition) is 0. The van der Waals surface area contributed by atoms with Gasteiger partial charge in [0.1, 0.15) is 12.1 Å². The zero-order valence-electron chi connectivity index (χ0n) is 13.3. The maximum absolute atomic E-state index is 12.5. The molecular formula is C19H15N3O2S. The fourth-order valence-corrected chi connectivity index (χ4v) is 3.42. The van der Waals surface area contributed by atoms with Gasteiger partial charge < -0.3 is 8.98 Å². The number of fused-ring (bicyclic) bond motifs is 1. The molecule has 0 saturated carbocycles. The van der Waals surface area contributed by atoms with Crippen LogP contribution in [0.15, 0.2) is 76.8 Å². The van der Waals surface area contributed by atoms with Gasteiger partial charge in [-0.1, -0.05) is 48.2 Å². The predicted molar refractivity (Wildman–Crippen MR) is 96.8 cm³/mol. The van der Waals surface area contributed by atoms with Crippen molar-refractivity contribution in [2.75, 3.05) is 5.75 Å². The Morgan fingerprint density at radius 3 is 2.80 bits per heavy atom. The van der Waals surface area contributed by atoms with Gasteiger partial charge in [-0.2, -0.15) is 0 Å². The molecule has 2 aromatic carbocycles. The minimum Gasteiger partial charge on any atom is -0.467 e. The first-order valence-electron chi connectivity index (χ1n) is 7.84. The molecule has 6 heteroatoms. The lowest BCUT2D eigenvalue weighted by atomic mass is 10.1. The summed E-state index contributed by atoms with van der Waals surface area (Å²) in [4.78, 5) is 12.5. The highest BCUT2D eigenvalue weighted by molar-refractivity contribution is 7.99. The molecule has 25 heavy (non-hydrogen) atoms. The van der Waals surface area contributed by atoms with Crippen molar-refractivity contribution in [3.05, 3.63) is 78.5 Å². The number of benzene rings is 2. The molecule has 0 spiro atoms. The number of furan rings is 1. The van der Waals surface area contributed by atoms with E-state index in [9.17, 15) is 4.79 Å². The topological polar surface area (TPSA) is 60.9 Å². The lowest BCUT2D eigenvalue weighted by Crippen LogP contribution is -2.05. The van der Waals surface area contributed by atoms with Crippen LogP contribution >= 0.6 is 11.8 Å². The molecule has 0 aliphatic heterocycles. The molecule has 0 aliphatic carbocycles. The van der Waals surface area contributed by atoms with E-state index in [1.165, 1.54) is 11.8 Å². The van der Waals surface area contributed by atoms with Crippen LogP contribution in [0, 0.1) is 0 Å². The number of aromatic nitrogens is 3. The first-order valence-corrected chi connectivity index (χ1v) is 8.83. The molecular weight excluding hydrogens is 334 g/mol. The van der Waals surface area contributed by atoms with E-state index in [-0.39, 0.29) is 5.78 Å². The van der Waals surface area contributed by atoms with Gasteiger partial charge in [-0.05, 0) is 29.0 Å². The molecule has 4 aromatic rings. The molecule has 2 aromatic heterocycles. The summed E-state index contributed by atoms with van der Waals surface area (Å²) in [6, 6.07) is 17.5. The van der Waals surface area contributed by atoms with Gasteiger partial charge in [0.15, 0.2) is 10.9 Å². The van der Waals surface area contributed by atoms with E-state index in [2.05, 4.69) is 10.2 Å². The fourth-order valence-electron chi connectivity index (χ4n) is 2.61. The Bertz CT molecular complexity index is 1010. The van der Waals surface area contributed by atoms with Crippen molar-refractivity contribution in [2.24, 2.45) is 0 Å². The van der Waals surface area contributed by atoms with Crippen molar-refractivity contribution >= 4 is 28.3 Å². The highest BCUT2D eigenvalue weighted by Gasteiger charge is 2.12. The van der Waals surface area contributed by atoms with Crippen molar-refractivity contribution in [3.8, 4) is 0 Å². The molecule has 5 nitrogen and oxygen atoms in total. The van der Waals surface area contributed by atoms with E-state index in [0.29, 0.717) is 23.0 Å². The number of carbonyl (C=O) groups excluding carboxylic acids is 1. The van der Waals surface area contributed by atoms with Gasteiger partial charge in [-0.15, -0.1) is 10.2 Å². The molecule has 0 saturated heterocycles. The SMILES string of the molecule is O=C(CSc1nncn1Cc1ccco1)c1ccc2ccccc2c1. The van der Waals surface area contributed by atoms with E-state index in [1.54, 1.807) is 12.6 Å². The maximum atomic E-state index is 12.5. The summed E-state index contributed by atoms with van der Waals surface area (Å²) in [6.07, 6.45) is 3.28. The highest BCUT2D eigenvalue weighted by Crippen LogP contribution is 2.20. The van der Waals surface area contributed by atoms with Crippen LogP contribution in [0.5, 0.6) is 0 Å². The van der Waals surface area contributed by atoms with Crippen molar-refractivity contribution in [3.63, 3.8) is 0 Å². The molecule has 0 atom stereocenters. The summed E-state index contributed by atoms with van der Waals surface area (Å²) in [6.45, 7) is 0.548. The van der Waals surface area contributed by atoms with E-state index in [0.717, 1.165) is 16.5 Å². The van der Waals surface area contributed by atoms with Crippen LogP contribution in [0.25, 0.3) is 10.8 Å². The number of rotatable bonds is 6. The number of hydrogen-bond acceptors (Lipinski definition) is 5. The van der Waals surface area contributed by atoms with Crippen LogP contribution in [0.1, 0.15) is 16.1 Å². The molecule has 0 amide bonds. The summed E-state index contributed by atoms with van der Waals surface area (Å²) in [7, 11) is 0. The Hall–Kier alpha value is -2.86. The van der Waals surface area contributed by atoms with Crippen LogP contribution < -0.4 is 0 Å². The quantitative estimate of drug-likeness (QED) is 0.388. The number of ketones is 1. The molecule has 0 N–H and O–H groups in total. The number of carbonyl (C=O) groups is 1. The Morgan fingerprint density at radius 1 is 1.08 bits per heavy atom. The normalized spacial score (nSPS) is 11.0. The maximum Gasteiger partial charge on any atom is 0.191 e. The summed E-state index contributed by atoms with van der Waals surface area (Å²) in [5.74, 6) is 1.21. The molecule has 0 aliphatic rings. The Balaban J connectivity index is 1.45. The third-order valence-electron chi connectivity index (χ3n) is 3.89. The van der Waals surface area contributed by atoms with Gasteiger partial charge in [0.05, 0.1) is 18.6 Å². The van der Waals surface area contributed by atoms with Gasteiger partial charge in [0.2, 0.25) is 0 Å². The summed E-state index contributed by atoms with van der Waals surface area (Å²) < 4.78 is 7.22. The second-order valence-electron chi connectivity index (χ2n) is 5.59. The van der Waals surface area contributed by atoms with Gasteiger partial charge in [0.25, 0.3) is 0 Å². The molecule has 0 bridgehead atoms. The van der Waals surface area contributed by atoms with E-state index in [1.807, 2.05) is 59.2 Å². The third-order valence-corrected chi connectivity index (χ3v) is 4.87. The first-order chi connectivity index (χ1) is 12.3. The molecule has 0 fully saturated rings. The minimum absolute atomic E-state index is 0.0725. The van der Waals surface area contributed by atoms with Crippen LogP contribution in [0.3, 0.4) is 0 Å². The van der Waals surface area contributed by atoms with Crippen molar-refractivity contribution in [1.29, 1.82) is 0 Å². The second-order valence-corrected chi connectivity index (χ2v) is 6.54. The summed E-state index contributed by atoms with van der Waals surface area (Å²) >= 11 is 1.38. The zero-order valence-corrected chi connectivity index (χ0v) is 14.1. The molecule has 124 valence electrons. The van der Waals surface area contributed by atoms with E-state index < -0.39 is 0 Å². The zero-order chi connectivity index (χ0) is 17.1. The molecule has 4 rings (SSSR count). The lowest BCUT2D eigenvalue weighted by molar-refractivity contribution is 0.102. The summed E-state index contributed by atoms with van der Waals surface area (Å²) in [5.41, 5.74) is 0.711. The van der Waals surface area contributed by atoms with Gasteiger partial charge >= 0.3 is 0 Å². The standard InChI is InChI=1S/C19H15N3O2S/c23-18(16-8-7-14-4-1-2-5-15(14)10-16)12-25-19-21-20-13-22(19)11-17-6-3-9-24-17/h1-10,13H,11-12H2. The number of thioether (sulfide) groups is 1. The van der Waals surface area contributed by atoms with Crippen LogP contribution in [0.2, 0.25) is 0 Å². The van der Waals surface area contributed by atoms with Gasteiger partial charge in [-0.25, -0.2) is 0 Å². The monoisotopic (exact) mass is 349 g/mol. The van der Waals surface area contributed by atoms with Crippen LogP contribution in [-0.2, 0) is 6.54 Å². The number of Topliss-reactive ketones (excluding diaryl/α,β-unsaturated/α-hetero) is 1. The average Bonchev–Trinajstić information content (AvgIpc) is 3.32. The Kier molecular flexibility index (Phi) is 4.35. The predicted octanol–water partition coefficient (Wildman–Crippen LogP) is 4.05. The molecule has 2 heterocycles. The fraction of sp³-hybridized carbons (Fsp3) is 0.105. The third kappa shape index (κ3) is 3.49. The average molecular weight is 349 g/mol. The van der Waals surface area contributed by atoms with Gasteiger partial charge in [-0.3, -0.25) is 4.79 Å². The lowest BCUT2D eigenvalue weighted by Gasteiger charge is -2.05. The van der Waals surface area contributed by atoms with Crippen molar-refractivity contribution in [1.82, 2.24) is 14.8 Å². The molecule has 0 unspecified atom stereocenters. The number of nitrogens with zero attached hydrogens (tertiary/aromatic N) is 3. The first kappa shape index (κ1) is 15.7. The summed E-state index contributed by atoms with van der Waals surface area (Å²) in [5, 5.41) is 10.9. The highest BCUT2D eigenvalue weighted by atomic mass is 32.2. The smallest absolute Gasteiger partial charge is 0.191 e. The van der Waals surface area contributed by atoms with E-state index >= 15 is 0 Å². The Morgan fingerprint density at radius 2 is 1.96 bits per heavy atom. The van der Waals surface area contributed by atoms with Crippen molar-refractivity contribution < 1.29 is 9.21 Å². The van der Waals surface area contributed by atoms with Crippen molar-refractivity contribution in [2.45, 2.75) is 11.7 Å². The van der Waals surface area contributed by atoms with E-state index in [4.69, 9.17) is 4.42 Å².